The van der Waals surface area contributed by atoms with E-state index in [0.29, 0.717) is 6.61 Å². The minimum atomic E-state index is -0.266. The van der Waals surface area contributed by atoms with Gasteiger partial charge in [0.25, 0.3) is 0 Å². The molecule has 3 nitrogen and oxygen atoms in total. The predicted octanol–water partition coefficient (Wildman–Crippen LogP) is 3.90. The molecule has 1 heterocycles. The van der Waals surface area contributed by atoms with Gasteiger partial charge in [0.15, 0.2) is 6.10 Å². The van der Waals surface area contributed by atoms with Crippen molar-refractivity contribution in [1.29, 1.82) is 0 Å². The van der Waals surface area contributed by atoms with Crippen molar-refractivity contribution in [3.63, 3.8) is 0 Å². The lowest BCUT2D eigenvalue weighted by Crippen LogP contribution is -2.16. The van der Waals surface area contributed by atoms with E-state index in [1.807, 2.05) is 24.3 Å². The summed E-state index contributed by atoms with van der Waals surface area (Å²) in [7, 11) is 0. The van der Waals surface area contributed by atoms with Gasteiger partial charge in [-0.2, -0.15) is 0 Å². The van der Waals surface area contributed by atoms with Crippen molar-refractivity contribution in [3.8, 4) is 5.75 Å². The third-order valence-electron chi connectivity index (χ3n) is 4.59. The van der Waals surface area contributed by atoms with Crippen molar-refractivity contribution in [2.45, 2.75) is 33.8 Å². The molecule has 3 atom stereocenters. The van der Waals surface area contributed by atoms with E-state index >= 15 is 0 Å². The van der Waals surface area contributed by atoms with E-state index in [1.54, 1.807) is 0 Å². The summed E-state index contributed by atoms with van der Waals surface area (Å²) < 4.78 is 11.3. The second-order valence-corrected chi connectivity index (χ2v) is 6.84. The number of esters is 1. The van der Waals surface area contributed by atoms with Gasteiger partial charge in [-0.15, -0.1) is 0 Å². The zero-order chi connectivity index (χ0) is 15.2. The van der Waals surface area contributed by atoms with Crippen LogP contribution in [0.4, 0.5) is 0 Å². The van der Waals surface area contributed by atoms with E-state index in [1.165, 1.54) is 5.57 Å². The molecule has 1 aromatic rings. The van der Waals surface area contributed by atoms with Crippen LogP contribution in [-0.2, 0) is 9.53 Å². The van der Waals surface area contributed by atoms with Crippen LogP contribution >= 0.6 is 0 Å². The highest BCUT2D eigenvalue weighted by atomic mass is 16.6. The lowest BCUT2D eigenvalue weighted by Gasteiger charge is -2.11. The number of allylic oxidation sites excluding steroid dienone is 2. The zero-order valence-electron chi connectivity index (χ0n) is 13.1. The normalized spacial score (nSPS) is 28.3. The first-order valence-electron chi connectivity index (χ1n) is 7.48. The number of hydrogen-bond acceptors (Lipinski definition) is 3. The Hall–Kier alpha value is -1.77. The molecular formula is C18H22O3. The molecule has 0 saturated heterocycles. The average Bonchev–Trinajstić information content (AvgIpc) is 2.78. The molecule has 1 aliphatic carbocycles. The molecule has 3 unspecified atom stereocenters. The van der Waals surface area contributed by atoms with Crippen LogP contribution in [0.25, 0.3) is 0 Å². The Balaban J connectivity index is 1.70. The van der Waals surface area contributed by atoms with Crippen LogP contribution in [0.15, 0.2) is 35.9 Å². The Bertz CT molecular complexity index is 596. The van der Waals surface area contributed by atoms with Crippen LogP contribution < -0.4 is 4.74 Å². The van der Waals surface area contributed by atoms with Gasteiger partial charge < -0.3 is 9.47 Å². The molecule has 1 saturated carbocycles. The summed E-state index contributed by atoms with van der Waals surface area (Å²) in [6, 6.07) is 7.75. The molecule has 0 aromatic heterocycles. The minimum Gasteiger partial charge on any atom is -0.489 e. The predicted molar refractivity (Wildman–Crippen MR) is 81.0 cm³/mol. The largest absolute Gasteiger partial charge is 0.489 e. The molecule has 3 rings (SSSR count). The standard InChI is InChI=1S/C18H22O3/c1-11(2)9-13-16(18(13,3)4)17(19)21-15-10-20-14-8-6-5-7-12(14)15/h5-9,13,15-16H,10H2,1-4H3. The van der Waals surface area contributed by atoms with Crippen LogP contribution in [0.1, 0.15) is 39.4 Å². The summed E-state index contributed by atoms with van der Waals surface area (Å²) >= 11 is 0. The van der Waals surface area contributed by atoms with E-state index in [0.717, 1.165) is 11.3 Å². The fraction of sp³-hybridized carbons (Fsp3) is 0.500. The van der Waals surface area contributed by atoms with Gasteiger partial charge >= 0.3 is 5.97 Å². The van der Waals surface area contributed by atoms with Crippen LogP contribution in [0.3, 0.4) is 0 Å². The number of hydrogen-bond donors (Lipinski definition) is 0. The van der Waals surface area contributed by atoms with Crippen molar-refractivity contribution in [3.05, 3.63) is 41.5 Å². The molecule has 3 heteroatoms. The number of benzene rings is 1. The molecule has 21 heavy (non-hydrogen) atoms. The Morgan fingerprint density at radius 3 is 2.76 bits per heavy atom. The molecule has 1 aromatic carbocycles. The maximum absolute atomic E-state index is 12.5. The first-order chi connectivity index (χ1) is 9.91. The van der Waals surface area contributed by atoms with Gasteiger partial charge in [-0.25, -0.2) is 0 Å². The molecule has 1 fully saturated rings. The number of fused-ring (bicyclic) bond motifs is 1. The molecule has 0 radical (unpaired) electrons. The lowest BCUT2D eigenvalue weighted by molar-refractivity contribution is -0.152. The summed E-state index contributed by atoms with van der Waals surface area (Å²) in [4.78, 5) is 12.5. The molecule has 1 aliphatic heterocycles. The Morgan fingerprint density at radius 2 is 2.05 bits per heavy atom. The summed E-state index contributed by atoms with van der Waals surface area (Å²) in [5.41, 5.74) is 2.22. The summed E-state index contributed by atoms with van der Waals surface area (Å²) in [5.74, 6) is 0.965. The summed E-state index contributed by atoms with van der Waals surface area (Å²) in [5, 5.41) is 0. The highest BCUT2D eigenvalue weighted by molar-refractivity contribution is 5.78. The third-order valence-corrected chi connectivity index (χ3v) is 4.59. The Morgan fingerprint density at radius 1 is 1.33 bits per heavy atom. The van der Waals surface area contributed by atoms with Gasteiger partial charge in [0, 0.05) is 5.56 Å². The van der Waals surface area contributed by atoms with Gasteiger partial charge in [-0.05, 0) is 31.2 Å². The van der Waals surface area contributed by atoms with E-state index in [9.17, 15) is 4.79 Å². The van der Waals surface area contributed by atoms with Crippen molar-refractivity contribution in [2.75, 3.05) is 6.61 Å². The van der Waals surface area contributed by atoms with Crippen LogP contribution in [0.2, 0.25) is 0 Å². The van der Waals surface area contributed by atoms with Crippen molar-refractivity contribution in [2.24, 2.45) is 17.3 Å². The molecular weight excluding hydrogens is 264 g/mol. The van der Waals surface area contributed by atoms with Gasteiger partial charge in [0.1, 0.15) is 12.4 Å². The second kappa shape index (κ2) is 4.90. The SMILES string of the molecule is CC(C)=CC1C(C(=O)OC2COc3ccccc32)C1(C)C. The van der Waals surface area contributed by atoms with Gasteiger partial charge in [0.05, 0.1) is 5.92 Å². The molecule has 0 bridgehead atoms. The van der Waals surface area contributed by atoms with Crippen LogP contribution in [0, 0.1) is 17.3 Å². The molecule has 0 spiro atoms. The number of rotatable bonds is 3. The van der Waals surface area contributed by atoms with E-state index in [2.05, 4.69) is 33.8 Å². The van der Waals surface area contributed by atoms with Gasteiger partial charge in [0.2, 0.25) is 0 Å². The average molecular weight is 286 g/mol. The lowest BCUT2D eigenvalue weighted by atomic mass is 10.1. The first kappa shape index (κ1) is 14.2. The third kappa shape index (κ3) is 2.45. The van der Waals surface area contributed by atoms with Crippen molar-refractivity contribution in [1.82, 2.24) is 0 Å². The fourth-order valence-electron chi connectivity index (χ4n) is 3.24. The highest BCUT2D eigenvalue weighted by Gasteiger charge is 2.61. The number of carbonyl (C=O) groups excluding carboxylic acids is 1. The number of carbonyl (C=O) groups is 1. The quantitative estimate of drug-likeness (QED) is 0.624. The van der Waals surface area contributed by atoms with Crippen LogP contribution in [-0.4, -0.2) is 12.6 Å². The molecule has 2 aliphatic rings. The number of ether oxygens (including phenoxy) is 2. The topological polar surface area (TPSA) is 35.5 Å². The maximum atomic E-state index is 12.5. The first-order valence-corrected chi connectivity index (χ1v) is 7.48. The van der Waals surface area contributed by atoms with E-state index in [-0.39, 0.29) is 29.3 Å². The van der Waals surface area contributed by atoms with Gasteiger partial charge in [-0.1, -0.05) is 43.7 Å². The second-order valence-electron chi connectivity index (χ2n) is 6.84. The maximum Gasteiger partial charge on any atom is 0.310 e. The number of para-hydroxylation sites is 1. The van der Waals surface area contributed by atoms with E-state index in [4.69, 9.17) is 9.47 Å². The molecule has 112 valence electrons. The minimum absolute atomic E-state index is 0.00661. The monoisotopic (exact) mass is 286 g/mol. The summed E-state index contributed by atoms with van der Waals surface area (Å²) in [6.07, 6.45) is 1.92. The smallest absolute Gasteiger partial charge is 0.310 e. The molecule has 0 amide bonds. The Labute approximate surface area is 125 Å². The highest BCUT2D eigenvalue weighted by Crippen LogP contribution is 2.60. The summed E-state index contributed by atoms with van der Waals surface area (Å²) in [6.45, 7) is 8.81. The van der Waals surface area contributed by atoms with E-state index < -0.39 is 0 Å². The van der Waals surface area contributed by atoms with Crippen molar-refractivity contribution >= 4 is 5.97 Å². The van der Waals surface area contributed by atoms with Crippen LogP contribution in [0.5, 0.6) is 5.75 Å². The van der Waals surface area contributed by atoms with Gasteiger partial charge in [-0.3, -0.25) is 4.79 Å². The van der Waals surface area contributed by atoms with Crippen molar-refractivity contribution < 1.29 is 14.3 Å². The molecule has 0 N–H and O–H groups in total. The Kier molecular flexibility index (Phi) is 3.31. The zero-order valence-corrected chi connectivity index (χ0v) is 13.1. The fourth-order valence-corrected chi connectivity index (χ4v) is 3.24.